The van der Waals surface area contributed by atoms with E-state index in [2.05, 4.69) is 16.8 Å². The SMILES string of the molecule is CCN1CCN(C(=O)CC2CCN(c3nc4sccn4c3[N+](=O)[O-])CC2)CC1. The summed E-state index contributed by atoms with van der Waals surface area (Å²) in [5, 5.41) is 13.3. The third-order valence-electron chi connectivity index (χ3n) is 5.94. The fraction of sp³-hybridized carbons (Fsp3) is 0.667. The van der Waals surface area contributed by atoms with Crippen LogP contribution in [0.2, 0.25) is 0 Å². The molecule has 0 N–H and O–H groups in total. The summed E-state index contributed by atoms with van der Waals surface area (Å²) in [5.41, 5.74) is 0. The van der Waals surface area contributed by atoms with E-state index in [0.29, 0.717) is 36.2 Å². The van der Waals surface area contributed by atoms with Crippen LogP contribution in [0.25, 0.3) is 4.96 Å². The van der Waals surface area contributed by atoms with Crippen molar-refractivity contribution in [3.63, 3.8) is 0 Å². The molecule has 0 spiro atoms. The molecule has 152 valence electrons. The van der Waals surface area contributed by atoms with Crippen molar-refractivity contribution < 1.29 is 9.72 Å². The Morgan fingerprint density at radius 2 is 1.96 bits per heavy atom. The van der Waals surface area contributed by atoms with Crippen LogP contribution < -0.4 is 4.90 Å². The van der Waals surface area contributed by atoms with E-state index in [1.165, 1.54) is 11.3 Å². The van der Waals surface area contributed by atoms with E-state index < -0.39 is 0 Å². The number of nitrogens with zero attached hydrogens (tertiary/aromatic N) is 6. The summed E-state index contributed by atoms with van der Waals surface area (Å²) in [6, 6.07) is 0. The van der Waals surface area contributed by atoms with Gasteiger partial charge in [0.25, 0.3) is 4.96 Å². The minimum Gasteiger partial charge on any atom is -0.358 e. The minimum atomic E-state index is -0.354. The Morgan fingerprint density at radius 3 is 2.61 bits per heavy atom. The van der Waals surface area contributed by atoms with Gasteiger partial charge in [-0.1, -0.05) is 18.3 Å². The molecule has 4 rings (SSSR count). The predicted molar refractivity (Wildman–Crippen MR) is 108 cm³/mol. The molecule has 0 atom stereocenters. The van der Waals surface area contributed by atoms with Gasteiger partial charge in [0.2, 0.25) is 11.7 Å². The van der Waals surface area contributed by atoms with Crippen LogP contribution in [0.1, 0.15) is 26.2 Å². The van der Waals surface area contributed by atoms with E-state index in [1.807, 2.05) is 9.80 Å². The van der Waals surface area contributed by atoms with Gasteiger partial charge in [0, 0.05) is 51.1 Å². The molecule has 2 aliphatic heterocycles. The molecule has 2 aliphatic rings. The number of piperazine rings is 1. The minimum absolute atomic E-state index is 0.0413. The van der Waals surface area contributed by atoms with Crippen LogP contribution in [0.4, 0.5) is 11.6 Å². The topological polar surface area (TPSA) is 87.2 Å². The molecule has 0 unspecified atom stereocenters. The Kier molecular flexibility index (Phi) is 5.49. The number of imidazole rings is 1. The molecule has 9 nitrogen and oxygen atoms in total. The van der Waals surface area contributed by atoms with E-state index in [1.54, 1.807) is 16.0 Å². The number of anilines is 1. The van der Waals surface area contributed by atoms with Gasteiger partial charge >= 0.3 is 5.82 Å². The maximum absolute atomic E-state index is 12.6. The highest BCUT2D eigenvalue weighted by molar-refractivity contribution is 7.15. The largest absolute Gasteiger partial charge is 0.373 e. The summed E-state index contributed by atoms with van der Waals surface area (Å²) in [6.45, 7) is 8.16. The summed E-state index contributed by atoms with van der Waals surface area (Å²) < 4.78 is 1.55. The first-order valence-electron chi connectivity index (χ1n) is 9.91. The first-order valence-corrected chi connectivity index (χ1v) is 10.8. The Morgan fingerprint density at radius 1 is 1.25 bits per heavy atom. The van der Waals surface area contributed by atoms with E-state index >= 15 is 0 Å². The Balaban J connectivity index is 1.34. The summed E-state index contributed by atoms with van der Waals surface area (Å²) in [4.78, 5) is 35.3. The van der Waals surface area contributed by atoms with E-state index in [-0.39, 0.29) is 16.6 Å². The molecule has 2 fully saturated rings. The summed E-state index contributed by atoms with van der Waals surface area (Å²) in [6.07, 6.45) is 4.00. The van der Waals surface area contributed by atoms with Crippen molar-refractivity contribution in [1.82, 2.24) is 19.2 Å². The van der Waals surface area contributed by atoms with Gasteiger partial charge < -0.3 is 24.8 Å². The van der Waals surface area contributed by atoms with Crippen LogP contribution in [-0.4, -0.2) is 75.8 Å². The van der Waals surface area contributed by atoms with Crippen LogP contribution in [0.5, 0.6) is 0 Å². The zero-order valence-corrected chi connectivity index (χ0v) is 16.9. The molecule has 28 heavy (non-hydrogen) atoms. The Bertz CT molecular complexity index is 849. The highest BCUT2D eigenvalue weighted by Gasteiger charge is 2.32. The number of nitro groups is 1. The quantitative estimate of drug-likeness (QED) is 0.558. The number of piperidine rings is 1. The molecule has 0 bridgehead atoms. The Hall–Kier alpha value is -2.20. The lowest BCUT2D eigenvalue weighted by atomic mass is 9.93. The van der Waals surface area contributed by atoms with Gasteiger partial charge in [-0.15, -0.1) is 0 Å². The fourth-order valence-electron chi connectivity index (χ4n) is 4.18. The molecule has 1 amide bonds. The van der Waals surface area contributed by atoms with Crippen molar-refractivity contribution in [2.75, 3.05) is 50.7 Å². The van der Waals surface area contributed by atoms with Gasteiger partial charge in [-0.25, -0.2) is 0 Å². The second kappa shape index (κ2) is 8.04. The van der Waals surface area contributed by atoms with Crippen LogP contribution in [0.15, 0.2) is 11.6 Å². The first-order chi connectivity index (χ1) is 13.6. The van der Waals surface area contributed by atoms with Crippen molar-refractivity contribution in [3.8, 4) is 0 Å². The van der Waals surface area contributed by atoms with Crippen molar-refractivity contribution in [1.29, 1.82) is 0 Å². The molecular formula is C18H26N6O3S. The van der Waals surface area contributed by atoms with Crippen LogP contribution in [0.3, 0.4) is 0 Å². The standard InChI is InChI=1S/C18H26N6O3S/c1-2-20-7-9-21(10-8-20)15(25)13-14-3-5-22(6-4-14)16-17(24(26)27)23-11-12-28-18(23)19-16/h11-12,14H,2-10,13H2,1H3. The molecule has 2 aromatic rings. The average Bonchev–Trinajstić information content (AvgIpc) is 3.29. The van der Waals surface area contributed by atoms with Crippen molar-refractivity contribution in [3.05, 3.63) is 21.7 Å². The van der Waals surface area contributed by atoms with Gasteiger partial charge in [0.1, 0.15) is 6.20 Å². The number of hydrogen-bond donors (Lipinski definition) is 0. The number of carbonyl (C=O) groups is 1. The van der Waals surface area contributed by atoms with Crippen molar-refractivity contribution >= 4 is 33.8 Å². The summed E-state index contributed by atoms with van der Waals surface area (Å²) in [7, 11) is 0. The van der Waals surface area contributed by atoms with Crippen molar-refractivity contribution in [2.24, 2.45) is 5.92 Å². The van der Waals surface area contributed by atoms with Gasteiger partial charge in [-0.3, -0.25) is 4.79 Å². The number of fused-ring (bicyclic) bond motifs is 1. The molecule has 0 aliphatic carbocycles. The van der Waals surface area contributed by atoms with E-state index in [4.69, 9.17) is 0 Å². The smallest absolute Gasteiger partial charge is 0.358 e. The average molecular weight is 407 g/mol. The van der Waals surface area contributed by atoms with Gasteiger partial charge in [0.05, 0.1) is 0 Å². The monoisotopic (exact) mass is 406 g/mol. The number of carbonyl (C=O) groups excluding carboxylic acids is 1. The lowest BCUT2D eigenvalue weighted by molar-refractivity contribution is -0.389. The van der Waals surface area contributed by atoms with Crippen molar-refractivity contribution in [2.45, 2.75) is 26.2 Å². The van der Waals surface area contributed by atoms with Gasteiger partial charge in [-0.2, -0.15) is 9.38 Å². The first kappa shape index (κ1) is 19.1. The number of likely N-dealkylation sites (N-methyl/N-ethyl adjacent to an activating group) is 1. The second-order valence-corrected chi connectivity index (χ2v) is 8.39. The normalized spacial score (nSPS) is 19.5. The third kappa shape index (κ3) is 3.70. The van der Waals surface area contributed by atoms with E-state index in [0.717, 1.165) is 45.6 Å². The molecule has 0 saturated carbocycles. The molecular weight excluding hydrogens is 380 g/mol. The van der Waals surface area contributed by atoms with Crippen LogP contribution in [0, 0.1) is 16.0 Å². The zero-order valence-electron chi connectivity index (χ0n) is 16.1. The third-order valence-corrected chi connectivity index (χ3v) is 6.70. The highest BCUT2D eigenvalue weighted by Crippen LogP contribution is 2.34. The molecule has 0 aromatic carbocycles. The molecule has 2 aromatic heterocycles. The number of hydrogen-bond acceptors (Lipinski definition) is 7. The van der Waals surface area contributed by atoms with E-state index in [9.17, 15) is 14.9 Å². The number of rotatable bonds is 5. The maximum atomic E-state index is 12.6. The molecule has 0 radical (unpaired) electrons. The molecule has 4 heterocycles. The van der Waals surface area contributed by atoms with Crippen LogP contribution >= 0.6 is 11.3 Å². The van der Waals surface area contributed by atoms with Gasteiger partial charge in [-0.05, 0) is 30.2 Å². The number of thiazole rings is 1. The Labute approximate surface area is 167 Å². The lowest BCUT2D eigenvalue weighted by Gasteiger charge is -2.36. The summed E-state index contributed by atoms with van der Waals surface area (Å²) >= 11 is 1.40. The number of aromatic nitrogens is 2. The fourth-order valence-corrected chi connectivity index (χ4v) is 4.89. The lowest BCUT2D eigenvalue weighted by Crippen LogP contribution is -2.49. The predicted octanol–water partition coefficient (Wildman–Crippen LogP) is 2.07. The van der Waals surface area contributed by atoms with Crippen LogP contribution in [-0.2, 0) is 4.79 Å². The highest BCUT2D eigenvalue weighted by atomic mass is 32.1. The maximum Gasteiger partial charge on any atom is 0.373 e. The second-order valence-electron chi connectivity index (χ2n) is 7.52. The number of amides is 1. The zero-order chi connectivity index (χ0) is 19.7. The molecule has 2 saturated heterocycles. The van der Waals surface area contributed by atoms with Gasteiger partial charge in [0.15, 0.2) is 0 Å². The molecule has 10 heteroatoms. The summed E-state index contributed by atoms with van der Waals surface area (Å²) in [5.74, 6) is 1.09.